The van der Waals surface area contributed by atoms with E-state index >= 15 is 0 Å². The lowest BCUT2D eigenvalue weighted by Gasteiger charge is -2.08. The second kappa shape index (κ2) is 24.8. The van der Waals surface area contributed by atoms with Crippen LogP contribution in [0.3, 0.4) is 0 Å². The van der Waals surface area contributed by atoms with Crippen molar-refractivity contribution in [2.45, 2.75) is 74.1 Å². The first-order chi connectivity index (χ1) is 18.2. The Labute approximate surface area is 235 Å². The molecule has 0 aromatic heterocycles. The lowest BCUT2D eigenvalue weighted by atomic mass is 9.99. The van der Waals surface area contributed by atoms with Gasteiger partial charge in [-0.15, -0.1) is 0 Å². The number of hydrogen-bond acceptors (Lipinski definition) is 4. The van der Waals surface area contributed by atoms with Gasteiger partial charge >= 0.3 is 0 Å². The van der Waals surface area contributed by atoms with Gasteiger partial charge in [0.15, 0.2) is 0 Å². The molecule has 0 N–H and O–H groups in total. The molecule has 38 heavy (non-hydrogen) atoms. The molecule has 2 aromatic carbocycles. The van der Waals surface area contributed by atoms with Gasteiger partial charge in [-0.1, -0.05) is 76.1 Å². The third-order valence-electron chi connectivity index (χ3n) is 6.29. The van der Waals surface area contributed by atoms with E-state index in [2.05, 4.69) is 65.0 Å². The molecule has 0 bridgehead atoms. The van der Waals surface area contributed by atoms with Crippen molar-refractivity contribution in [3.8, 4) is 11.5 Å². The smallest absolute Gasteiger partial charge is 0.118 e. The molecule has 2 rings (SSSR count). The van der Waals surface area contributed by atoms with E-state index in [0.717, 1.165) is 30.6 Å². The van der Waals surface area contributed by atoms with E-state index in [1.807, 2.05) is 51.1 Å². The summed E-state index contributed by atoms with van der Waals surface area (Å²) >= 11 is 0. The highest BCUT2D eigenvalue weighted by Gasteiger charge is 2.01. The molecule has 0 aliphatic carbocycles. The maximum atomic E-state index is 5.08. The molecule has 0 radical (unpaired) electrons. The van der Waals surface area contributed by atoms with Gasteiger partial charge in [-0.3, -0.25) is 0 Å². The third kappa shape index (κ3) is 18.6. The van der Waals surface area contributed by atoms with Crippen LogP contribution in [0, 0.1) is 5.92 Å². The fourth-order valence-electron chi connectivity index (χ4n) is 2.90. The van der Waals surface area contributed by atoms with Crippen molar-refractivity contribution in [2.75, 3.05) is 41.7 Å². The van der Waals surface area contributed by atoms with E-state index in [9.17, 15) is 0 Å². The maximum absolute atomic E-state index is 5.08. The Kier molecular flexibility index (Phi) is 24.5. The van der Waals surface area contributed by atoms with Crippen LogP contribution in [0.25, 0.3) is 5.57 Å². The monoisotopic (exact) mass is 528 g/mol. The van der Waals surface area contributed by atoms with E-state index in [1.54, 1.807) is 28.4 Å². The zero-order valence-corrected chi connectivity index (χ0v) is 26.4. The van der Waals surface area contributed by atoms with Crippen molar-refractivity contribution < 1.29 is 18.9 Å². The molecule has 2 unspecified atom stereocenters. The van der Waals surface area contributed by atoms with Crippen LogP contribution in [0.4, 0.5) is 0 Å². The molecule has 4 nitrogen and oxygen atoms in total. The third-order valence-corrected chi connectivity index (χ3v) is 6.29. The van der Waals surface area contributed by atoms with Gasteiger partial charge < -0.3 is 18.9 Å². The summed E-state index contributed by atoms with van der Waals surface area (Å²) in [6, 6.07) is 16.4. The molecule has 0 saturated heterocycles. The standard InChI is InChI=1S/C11H16O.C11H14O.C6H14O.C6H12O/c2*1-4-9(2)10-5-7-11(12-3)8-6-10;2*1-4-6(2)5-7-3/h5-9H,4H2,1-3H3;4-8H,1-3H3;6H,4-5H2,1-3H3;4H,5H2,1-3H3/b;9-4-;;6-4-. The fraction of sp³-hybridized carbons (Fsp3) is 0.529. The van der Waals surface area contributed by atoms with E-state index in [0.29, 0.717) is 5.92 Å². The van der Waals surface area contributed by atoms with Gasteiger partial charge in [-0.25, -0.2) is 0 Å². The van der Waals surface area contributed by atoms with Gasteiger partial charge in [0.05, 0.1) is 20.8 Å². The zero-order valence-electron chi connectivity index (χ0n) is 26.4. The first kappa shape index (κ1) is 37.6. The molecular weight excluding hydrogens is 472 g/mol. The van der Waals surface area contributed by atoms with Crippen LogP contribution in [0.2, 0.25) is 0 Å². The van der Waals surface area contributed by atoms with Crippen LogP contribution in [0.15, 0.2) is 66.3 Å². The maximum Gasteiger partial charge on any atom is 0.118 e. The Bertz CT molecular complexity index is 851. The summed E-state index contributed by atoms with van der Waals surface area (Å²) in [4.78, 5) is 0. The van der Waals surface area contributed by atoms with Crippen LogP contribution >= 0.6 is 0 Å². The normalized spacial score (nSPS) is 12.4. The lowest BCUT2D eigenvalue weighted by molar-refractivity contribution is 0.158. The predicted octanol–water partition coefficient (Wildman–Crippen LogP) is 9.61. The molecule has 216 valence electrons. The average Bonchev–Trinajstić information content (AvgIpc) is 2.97. The highest BCUT2D eigenvalue weighted by molar-refractivity contribution is 5.63. The highest BCUT2D eigenvalue weighted by Crippen LogP contribution is 2.21. The second-order valence-corrected chi connectivity index (χ2v) is 9.32. The number of rotatable bonds is 10. The quantitative estimate of drug-likeness (QED) is 0.288. The highest BCUT2D eigenvalue weighted by atomic mass is 16.5. The molecule has 0 saturated carbocycles. The largest absolute Gasteiger partial charge is 0.497 e. The van der Waals surface area contributed by atoms with Crippen molar-refractivity contribution in [1.82, 2.24) is 0 Å². The summed E-state index contributed by atoms with van der Waals surface area (Å²) in [5.74, 6) is 3.21. The van der Waals surface area contributed by atoms with Gasteiger partial charge in [-0.2, -0.15) is 0 Å². The van der Waals surface area contributed by atoms with Crippen molar-refractivity contribution in [1.29, 1.82) is 0 Å². The first-order valence-electron chi connectivity index (χ1n) is 13.7. The van der Waals surface area contributed by atoms with Crippen molar-refractivity contribution in [3.05, 3.63) is 77.4 Å². The Morgan fingerprint density at radius 2 is 1.21 bits per heavy atom. The Hall–Kier alpha value is -2.56. The predicted molar refractivity (Wildman–Crippen MR) is 167 cm³/mol. The van der Waals surface area contributed by atoms with Crippen LogP contribution in [0.5, 0.6) is 11.5 Å². The molecule has 0 fully saturated rings. The molecule has 4 heteroatoms. The lowest BCUT2D eigenvalue weighted by Crippen LogP contribution is -2.00. The van der Waals surface area contributed by atoms with Crippen LogP contribution in [-0.2, 0) is 9.47 Å². The minimum absolute atomic E-state index is 0.649. The number of allylic oxidation sites excluding steroid dienone is 3. The summed E-state index contributed by atoms with van der Waals surface area (Å²) < 4.78 is 19.9. The Morgan fingerprint density at radius 1 is 0.711 bits per heavy atom. The van der Waals surface area contributed by atoms with Gasteiger partial charge in [0, 0.05) is 20.8 Å². The SMILES string of the molecule is C/C=C(/C)COC.C/C=C(/C)c1ccc(OC)cc1.CCC(C)COC.CCC(C)c1ccc(OC)cc1. The molecule has 2 atom stereocenters. The molecule has 0 spiro atoms. The van der Waals surface area contributed by atoms with Crippen LogP contribution < -0.4 is 9.47 Å². The van der Waals surface area contributed by atoms with Crippen molar-refractivity contribution in [2.24, 2.45) is 5.92 Å². The fourth-order valence-corrected chi connectivity index (χ4v) is 2.90. The molecule has 0 aliphatic heterocycles. The minimum Gasteiger partial charge on any atom is -0.497 e. The van der Waals surface area contributed by atoms with E-state index in [4.69, 9.17) is 18.9 Å². The van der Waals surface area contributed by atoms with Crippen LogP contribution in [-0.4, -0.2) is 41.7 Å². The van der Waals surface area contributed by atoms with Crippen molar-refractivity contribution >= 4 is 5.57 Å². The van der Waals surface area contributed by atoms with Gasteiger partial charge in [0.2, 0.25) is 0 Å². The Balaban J connectivity index is 0. The summed E-state index contributed by atoms with van der Waals surface area (Å²) in [6.07, 6.45) is 6.55. The van der Waals surface area contributed by atoms with Gasteiger partial charge in [0.1, 0.15) is 11.5 Å². The molecule has 0 aliphatic rings. The number of hydrogen-bond donors (Lipinski definition) is 0. The summed E-state index contributed by atoms with van der Waals surface area (Å²) in [7, 11) is 6.81. The molecule has 0 amide bonds. The minimum atomic E-state index is 0.649. The zero-order chi connectivity index (χ0) is 29.3. The molecular formula is C34H56O4. The number of benzene rings is 2. The Morgan fingerprint density at radius 3 is 1.50 bits per heavy atom. The summed E-state index contributed by atoms with van der Waals surface area (Å²) in [5.41, 5.74) is 5.21. The van der Waals surface area contributed by atoms with E-state index < -0.39 is 0 Å². The molecule has 2 aromatic rings. The second-order valence-electron chi connectivity index (χ2n) is 9.32. The van der Waals surface area contributed by atoms with Crippen molar-refractivity contribution in [3.63, 3.8) is 0 Å². The van der Waals surface area contributed by atoms with E-state index in [-0.39, 0.29) is 0 Å². The number of ether oxygens (including phenoxy) is 4. The summed E-state index contributed by atoms with van der Waals surface area (Å²) in [5, 5.41) is 0. The van der Waals surface area contributed by atoms with Gasteiger partial charge in [0.25, 0.3) is 0 Å². The van der Waals surface area contributed by atoms with E-state index in [1.165, 1.54) is 35.1 Å². The topological polar surface area (TPSA) is 36.9 Å². The summed E-state index contributed by atoms with van der Waals surface area (Å²) in [6.45, 7) is 18.6. The molecule has 0 heterocycles. The average molecular weight is 529 g/mol. The van der Waals surface area contributed by atoms with Crippen LogP contribution in [0.1, 0.15) is 85.3 Å². The number of methoxy groups -OCH3 is 4. The van der Waals surface area contributed by atoms with Gasteiger partial charge in [-0.05, 0) is 86.9 Å². The first-order valence-corrected chi connectivity index (χ1v) is 13.7.